The van der Waals surface area contributed by atoms with Gasteiger partial charge in [-0.15, -0.1) is 0 Å². The summed E-state index contributed by atoms with van der Waals surface area (Å²) in [6.45, 7) is 7.82. The van der Waals surface area contributed by atoms with Crippen LogP contribution < -0.4 is 0 Å². The van der Waals surface area contributed by atoms with Gasteiger partial charge in [0.1, 0.15) is 0 Å². The van der Waals surface area contributed by atoms with Crippen molar-refractivity contribution in [2.75, 3.05) is 0 Å². The number of carboxylic acids is 1. The van der Waals surface area contributed by atoms with Crippen LogP contribution in [-0.2, 0) is 4.79 Å². The molecule has 0 atom stereocenters. The average molecular weight is 489 g/mol. The largest absolute Gasteiger partial charge is 0.478 e. The van der Waals surface area contributed by atoms with Crippen molar-refractivity contribution in [3.63, 3.8) is 0 Å². The van der Waals surface area contributed by atoms with Gasteiger partial charge in [-0.25, -0.2) is 9.64 Å². The summed E-state index contributed by atoms with van der Waals surface area (Å²) in [4.78, 5) is 14.7. The van der Waals surface area contributed by atoms with Gasteiger partial charge in [0.25, 0.3) is 0 Å². The number of aliphatic carboxylic acids is 1. The van der Waals surface area contributed by atoms with E-state index in [9.17, 15) is 14.4 Å². The molecular formula is C30H21FN4O2. The molecule has 0 bridgehead atoms. The van der Waals surface area contributed by atoms with Gasteiger partial charge in [0, 0.05) is 11.6 Å². The topological polar surface area (TPSA) is 94.1 Å². The Bertz CT molecular complexity index is 1660. The highest BCUT2D eigenvalue weighted by atomic mass is 19.1. The number of nitriles is 1. The van der Waals surface area contributed by atoms with Crippen molar-refractivity contribution in [3.05, 3.63) is 112 Å². The van der Waals surface area contributed by atoms with Crippen LogP contribution in [0.25, 0.3) is 33.0 Å². The van der Waals surface area contributed by atoms with Gasteiger partial charge in [-0.2, -0.15) is 14.8 Å². The predicted octanol–water partition coefficient (Wildman–Crippen LogP) is 6.98. The molecule has 1 aliphatic rings. The van der Waals surface area contributed by atoms with Gasteiger partial charge in [-0.05, 0) is 82.5 Å². The van der Waals surface area contributed by atoms with Gasteiger partial charge in [0.15, 0.2) is 5.69 Å². The van der Waals surface area contributed by atoms with Crippen molar-refractivity contribution in [2.45, 2.75) is 19.3 Å². The van der Waals surface area contributed by atoms with Crippen molar-refractivity contribution in [1.82, 2.24) is 10.2 Å². The molecule has 0 spiro atoms. The summed E-state index contributed by atoms with van der Waals surface area (Å²) >= 11 is 0. The quantitative estimate of drug-likeness (QED) is 0.174. The SMILES string of the molecule is [C-]#[N+]c1cc(C#N)ccc1/C(=C(\c1ccc(/C=C/C(=O)O)cc1)c1ccc2n[nH]c(F)c2c1)C1CCC1. The zero-order chi connectivity index (χ0) is 25.9. The van der Waals surface area contributed by atoms with Crippen LogP contribution in [-0.4, -0.2) is 21.3 Å². The third-order valence-corrected chi connectivity index (χ3v) is 6.73. The summed E-state index contributed by atoms with van der Waals surface area (Å²) in [6, 6.07) is 20.2. The molecule has 4 aromatic rings. The lowest BCUT2D eigenvalue weighted by Gasteiger charge is -2.32. The summed E-state index contributed by atoms with van der Waals surface area (Å²) in [5.74, 6) is -1.35. The molecule has 0 unspecified atom stereocenters. The van der Waals surface area contributed by atoms with E-state index in [1.165, 1.54) is 6.08 Å². The average Bonchev–Trinajstić information content (AvgIpc) is 3.26. The third kappa shape index (κ3) is 4.63. The highest BCUT2D eigenvalue weighted by Crippen LogP contribution is 2.47. The molecule has 1 fully saturated rings. The number of aromatic amines is 1. The maximum atomic E-state index is 14.5. The van der Waals surface area contributed by atoms with Crippen LogP contribution in [0.15, 0.2) is 66.7 Å². The first-order chi connectivity index (χ1) is 18.0. The molecule has 180 valence electrons. The van der Waals surface area contributed by atoms with Crippen molar-refractivity contribution in [1.29, 1.82) is 5.26 Å². The number of benzene rings is 3. The first kappa shape index (κ1) is 23.7. The lowest BCUT2D eigenvalue weighted by atomic mass is 9.72. The smallest absolute Gasteiger partial charge is 0.328 e. The maximum Gasteiger partial charge on any atom is 0.328 e. The molecule has 5 rings (SSSR count). The normalized spacial score (nSPS) is 14.1. The number of carboxylic acid groups (broad SMARTS) is 1. The second-order valence-electron chi connectivity index (χ2n) is 8.94. The maximum absolute atomic E-state index is 14.5. The predicted molar refractivity (Wildman–Crippen MR) is 140 cm³/mol. The summed E-state index contributed by atoms with van der Waals surface area (Å²) < 4.78 is 14.5. The Morgan fingerprint density at radius 3 is 2.54 bits per heavy atom. The number of halogens is 1. The Morgan fingerprint density at radius 1 is 1.14 bits per heavy atom. The lowest BCUT2D eigenvalue weighted by molar-refractivity contribution is -0.131. The van der Waals surface area contributed by atoms with Crippen molar-refractivity contribution < 1.29 is 14.3 Å². The highest BCUT2D eigenvalue weighted by molar-refractivity contribution is 6.03. The van der Waals surface area contributed by atoms with Crippen molar-refractivity contribution in [3.8, 4) is 6.07 Å². The highest BCUT2D eigenvalue weighted by Gasteiger charge is 2.29. The van der Waals surface area contributed by atoms with Gasteiger partial charge in [0.05, 0.1) is 23.5 Å². The second-order valence-corrected chi connectivity index (χ2v) is 8.94. The van der Waals surface area contributed by atoms with Crippen LogP contribution in [0.3, 0.4) is 0 Å². The number of carbonyl (C=O) groups is 1. The Labute approximate surface area is 212 Å². The van der Waals surface area contributed by atoms with Crippen LogP contribution in [0, 0.1) is 29.8 Å². The fraction of sp³-hybridized carbons (Fsp3) is 0.133. The third-order valence-electron chi connectivity index (χ3n) is 6.73. The number of aromatic nitrogens is 2. The number of nitrogens with one attached hydrogen (secondary N) is 1. The molecule has 3 aromatic carbocycles. The van der Waals surface area contributed by atoms with Gasteiger partial charge in [0.2, 0.25) is 5.95 Å². The van der Waals surface area contributed by atoms with E-state index in [-0.39, 0.29) is 5.92 Å². The van der Waals surface area contributed by atoms with E-state index in [4.69, 9.17) is 11.7 Å². The zero-order valence-corrected chi connectivity index (χ0v) is 19.7. The summed E-state index contributed by atoms with van der Waals surface area (Å²) in [7, 11) is 0. The molecule has 0 amide bonds. The number of rotatable bonds is 6. The Balaban J connectivity index is 1.79. The van der Waals surface area contributed by atoms with Crippen molar-refractivity contribution >= 4 is 39.8 Å². The monoisotopic (exact) mass is 488 g/mol. The first-order valence-electron chi connectivity index (χ1n) is 11.8. The number of fused-ring (bicyclic) bond motifs is 1. The van der Waals surface area contributed by atoms with E-state index in [2.05, 4.69) is 21.1 Å². The van der Waals surface area contributed by atoms with E-state index in [1.54, 1.807) is 24.3 Å². The minimum absolute atomic E-state index is 0.194. The minimum atomic E-state index is -1.03. The molecule has 0 aliphatic heterocycles. The number of H-pyrrole nitrogens is 1. The van der Waals surface area contributed by atoms with E-state index in [0.717, 1.165) is 58.7 Å². The second kappa shape index (κ2) is 9.93. The van der Waals surface area contributed by atoms with E-state index < -0.39 is 11.9 Å². The molecule has 7 heteroatoms. The molecular weight excluding hydrogens is 467 g/mol. The minimum Gasteiger partial charge on any atom is -0.478 e. The van der Waals surface area contributed by atoms with Crippen LogP contribution in [0.2, 0.25) is 0 Å². The van der Waals surface area contributed by atoms with Gasteiger partial charge < -0.3 is 5.11 Å². The summed E-state index contributed by atoms with van der Waals surface area (Å²) in [6.07, 6.45) is 5.59. The van der Waals surface area contributed by atoms with Gasteiger partial charge in [-0.1, -0.05) is 42.8 Å². The van der Waals surface area contributed by atoms with E-state index in [0.29, 0.717) is 22.2 Å². The molecule has 1 aromatic heterocycles. The van der Waals surface area contributed by atoms with E-state index in [1.807, 2.05) is 36.4 Å². The number of nitrogens with zero attached hydrogens (tertiary/aromatic N) is 3. The summed E-state index contributed by atoms with van der Waals surface area (Å²) in [5.41, 5.74) is 6.32. The van der Waals surface area contributed by atoms with Crippen LogP contribution in [0.5, 0.6) is 0 Å². The molecule has 1 heterocycles. The molecule has 0 saturated heterocycles. The first-order valence-corrected chi connectivity index (χ1v) is 11.8. The molecule has 0 radical (unpaired) electrons. The molecule has 2 N–H and O–H groups in total. The molecule has 1 saturated carbocycles. The van der Waals surface area contributed by atoms with E-state index >= 15 is 0 Å². The number of hydrogen-bond donors (Lipinski definition) is 2. The molecule has 37 heavy (non-hydrogen) atoms. The molecule has 1 aliphatic carbocycles. The standard InChI is InChI=1S/C30H21FN4O2/c1-33-26-15-19(17-32)7-12-23(26)29(20-3-2-4-20)28(21-9-5-18(6-10-21)8-14-27(36)37)22-11-13-25-24(16-22)30(31)35-34-25/h5-16,20H,2-4H2,(H,34,35)(H,36,37)/b14-8+,29-28+. The van der Waals surface area contributed by atoms with Crippen LogP contribution in [0.1, 0.15) is 47.1 Å². The lowest BCUT2D eigenvalue weighted by Crippen LogP contribution is -2.15. The summed E-state index contributed by atoms with van der Waals surface area (Å²) in [5, 5.41) is 25.1. The van der Waals surface area contributed by atoms with Gasteiger partial charge >= 0.3 is 5.97 Å². The van der Waals surface area contributed by atoms with Crippen LogP contribution in [0.4, 0.5) is 10.1 Å². The fourth-order valence-electron chi connectivity index (χ4n) is 4.72. The number of hydrogen-bond acceptors (Lipinski definition) is 3. The Hall–Kier alpha value is -5.01. The Morgan fingerprint density at radius 2 is 1.89 bits per heavy atom. The fourth-order valence-corrected chi connectivity index (χ4v) is 4.72. The Kier molecular flexibility index (Phi) is 6.36. The number of allylic oxidation sites excluding steroid dienone is 1. The van der Waals surface area contributed by atoms with Gasteiger partial charge in [-0.3, -0.25) is 5.10 Å². The van der Waals surface area contributed by atoms with Crippen LogP contribution >= 0.6 is 0 Å². The van der Waals surface area contributed by atoms with Crippen molar-refractivity contribution in [2.24, 2.45) is 5.92 Å². The zero-order valence-electron chi connectivity index (χ0n) is 19.7. The molecule has 6 nitrogen and oxygen atoms in total.